The summed E-state index contributed by atoms with van der Waals surface area (Å²) in [5.74, 6) is -1.59. The largest absolute Gasteiger partial charge is 0.566 e. The number of alkyl halides is 1. The Bertz CT molecular complexity index is 2580. The number of fused-ring (bicyclic) bond motifs is 2. The van der Waals surface area contributed by atoms with Crippen molar-refractivity contribution in [3.8, 4) is 6.07 Å². The molecule has 2 fully saturated rings. The molecule has 24 nitrogen and oxygen atoms in total. The van der Waals surface area contributed by atoms with Gasteiger partial charge in [0.2, 0.25) is 11.9 Å². The summed E-state index contributed by atoms with van der Waals surface area (Å²) in [6.07, 6.45) is -8.25. The number of halogens is 1. The van der Waals surface area contributed by atoms with Crippen molar-refractivity contribution in [1.29, 1.82) is 5.26 Å². The van der Waals surface area contributed by atoms with Gasteiger partial charge in [-0.05, 0) is 28.5 Å². The first-order valence-electron chi connectivity index (χ1n) is 18.3. The van der Waals surface area contributed by atoms with E-state index in [1.165, 1.54) is 10.9 Å². The Hall–Kier alpha value is -5.16. The number of H-pyrrole nitrogens is 1. The molecule has 5 aromatic rings. The number of nitrogens with zero attached hydrogens (tertiary/aromatic N) is 9. The van der Waals surface area contributed by atoms with Crippen LogP contribution in [0.3, 0.4) is 0 Å². The Morgan fingerprint density at radius 3 is 2.67 bits per heavy atom. The van der Waals surface area contributed by atoms with Crippen LogP contribution in [0.25, 0.3) is 22.3 Å². The van der Waals surface area contributed by atoms with Crippen molar-refractivity contribution in [2.45, 2.75) is 69.7 Å². The first-order chi connectivity index (χ1) is 29.3. The lowest BCUT2D eigenvalue weighted by Crippen LogP contribution is -2.34. The minimum absolute atomic E-state index is 0.00377. The maximum absolute atomic E-state index is 16.5. The molecule has 9 atom stereocenters. The van der Waals surface area contributed by atoms with Gasteiger partial charge in [-0.25, -0.2) is 19.3 Å². The summed E-state index contributed by atoms with van der Waals surface area (Å²) >= 11 is 5.66. The number of nitriles is 1. The fraction of sp³-hybridized carbons (Fsp3) is 0.455. The molecule has 0 bridgehead atoms. The summed E-state index contributed by atoms with van der Waals surface area (Å²) < 4.78 is 65.3. The third kappa shape index (κ3) is 9.67. The van der Waals surface area contributed by atoms with Gasteiger partial charge in [0.25, 0.3) is 11.5 Å². The predicted molar refractivity (Wildman–Crippen MR) is 207 cm³/mol. The van der Waals surface area contributed by atoms with E-state index in [4.69, 9.17) is 39.4 Å². The highest BCUT2D eigenvalue weighted by Crippen LogP contribution is 2.55. The number of anilines is 2. The highest BCUT2D eigenvalue weighted by molar-refractivity contribution is 8.07. The van der Waals surface area contributed by atoms with Gasteiger partial charge in [-0.3, -0.25) is 33.8 Å². The molecular weight excluding hydrogens is 869 g/mol. The van der Waals surface area contributed by atoms with Crippen LogP contribution < -0.4 is 21.1 Å². The maximum Gasteiger partial charge on any atom is 0.488 e. The Morgan fingerprint density at radius 2 is 1.95 bits per heavy atom. The molecule has 1 aromatic carbocycles. The number of aliphatic hydroxyl groups excluding tert-OH is 1. The summed E-state index contributed by atoms with van der Waals surface area (Å²) in [6.45, 7) is -2.32. The number of imidazole rings is 1. The zero-order valence-electron chi connectivity index (χ0n) is 31.8. The number of nitrogens with one attached hydrogen (secondary N) is 3. The van der Waals surface area contributed by atoms with Crippen molar-refractivity contribution in [2.75, 3.05) is 30.5 Å². The summed E-state index contributed by atoms with van der Waals surface area (Å²) in [6, 6.07) is 10.2. The molecule has 2 amide bonds. The van der Waals surface area contributed by atoms with E-state index in [2.05, 4.69) is 45.9 Å². The number of rotatable bonds is 17. The molecule has 4 aromatic heterocycles. The number of aromatic amines is 1. The number of aromatic nitrogens is 9. The Labute approximate surface area is 348 Å². The molecule has 0 aliphatic carbocycles. The van der Waals surface area contributed by atoms with Crippen LogP contribution in [0.5, 0.6) is 0 Å². The molecule has 7 rings (SSSR count). The Kier molecular flexibility index (Phi) is 13.6. The number of amides is 2. The first kappa shape index (κ1) is 43.9. The fourth-order valence-corrected chi connectivity index (χ4v) is 8.82. The SMILES string of the molecule is CC(C)C(=O)Nc1nc2c(ncn2[C@@H]2O[C@H](COP(=S)(OCCC#N)O[C@H]3[C@H](F)[C@H](n4nnc5c(NC(=O)c6ccccc6)ncnc54)O[C@@H]3CO)C[C@@H]2O[P+](=O)[O-])c(=O)[nH]1. The summed E-state index contributed by atoms with van der Waals surface area (Å²) in [4.78, 5) is 68.8. The molecule has 6 heterocycles. The van der Waals surface area contributed by atoms with Crippen LogP contribution in [0.1, 0.15) is 49.5 Å². The van der Waals surface area contributed by atoms with Crippen molar-refractivity contribution >= 4 is 72.7 Å². The highest BCUT2D eigenvalue weighted by Gasteiger charge is 2.51. The van der Waals surface area contributed by atoms with Gasteiger partial charge in [0.15, 0.2) is 52.9 Å². The number of hydrogen-bond acceptors (Lipinski definition) is 20. The summed E-state index contributed by atoms with van der Waals surface area (Å²) in [7, 11) is -3.43. The van der Waals surface area contributed by atoms with E-state index in [9.17, 15) is 34.2 Å². The van der Waals surface area contributed by atoms with E-state index < -0.39 is 94.5 Å². The second kappa shape index (κ2) is 18.8. The fourth-order valence-electron chi connectivity index (χ4n) is 6.29. The zero-order valence-corrected chi connectivity index (χ0v) is 34.4. The van der Waals surface area contributed by atoms with E-state index in [-0.39, 0.29) is 53.5 Å². The monoisotopic (exact) mass is 904 g/mol. The number of ether oxygens (including phenoxy) is 2. The molecule has 28 heteroatoms. The smallest absolute Gasteiger partial charge is 0.488 e. The normalized spacial score (nSPS) is 23.9. The molecular formula is C33H35FN12O12P2S. The number of carbonyl (C=O) groups is 2. The number of aliphatic hydroxyl groups is 1. The van der Waals surface area contributed by atoms with Gasteiger partial charge in [-0.2, -0.15) is 14.9 Å². The van der Waals surface area contributed by atoms with Crippen LogP contribution in [-0.2, 0) is 48.7 Å². The van der Waals surface area contributed by atoms with Gasteiger partial charge in [0.05, 0.1) is 44.7 Å². The van der Waals surface area contributed by atoms with Gasteiger partial charge in [-0.1, -0.05) is 37.3 Å². The van der Waals surface area contributed by atoms with Crippen LogP contribution >= 0.6 is 15.0 Å². The number of hydrogen-bond donors (Lipinski definition) is 4. The maximum atomic E-state index is 16.5. The van der Waals surface area contributed by atoms with Crippen LogP contribution in [0.4, 0.5) is 16.2 Å². The van der Waals surface area contributed by atoms with Gasteiger partial charge in [-0.15, -0.1) is 9.62 Å². The Morgan fingerprint density at radius 1 is 1.16 bits per heavy atom. The van der Waals surface area contributed by atoms with Crippen molar-refractivity contribution in [1.82, 2.24) is 44.5 Å². The minimum Gasteiger partial charge on any atom is -0.566 e. The number of benzene rings is 1. The van der Waals surface area contributed by atoms with Crippen molar-refractivity contribution in [3.05, 3.63) is 58.9 Å². The molecule has 2 unspecified atom stereocenters. The molecule has 2 saturated heterocycles. The Balaban J connectivity index is 1.09. The molecule has 0 radical (unpaired) electrons. The van der Waals surface area contributed by atoms with Crippen molar-refractivity contribution in [3.63, 3.8) is 0 Å². The molecule has 2 aliphatic heterocycles. The second-order valence-corrected chi connectivity index (χ2v) is 17.3. The summed E-state index contributed by atoms with van der Waals surface area (Å²) in [5.41, 5.74) is -0.614. The topological polar surface area (TPSA) is 318 Å². The lowest BCUT2D eigenvalue weighted by Gasteiger charge is -2.28. The van der Waals surface area contributed by atoms with Crippen LogP contribution in [-0.4, -0.2) is 112 Å². The van der Waals surface area contributed by atoms with Gasteiger partial charge in [0.1, 0.15) is 18.5 Å². The average Bonchev–Trinajstić information content (AvgIpc) is 4.02. The highest BCUT2D eigenvalue weighted by atomic mass is 32.5. The predicted octanol–water partition coefficient (Wildman–Crippen LogP) is 1.68. The van der Waals surface area contributed by atoms with Crippen LogP contribution in [0, 0.1) is 17.2 Å². The van der Waals surface area contributed by atoms with Crippen molar-refractivity contribution in [2.24, 2.45) is 5.92 Å². The van der Waals surface area contributed by atoms with Crippen LogP contribution in [0.15, 0.2) is 47.8 Å². The van der Waals surface area contributed by atoms with Gasteiger partial charge < -0.3 is 33.8 Å². The minimum atomic E-state index is -4.07. The van der Waals surface area contributed by atoms with E-state index in [1.54, 1.807) is 44.2 Å². The molecule has 0 saturated carbocycles. The van der Waals surface area contributed by atoms with E-state index in [1.807, 2.05) is 6.07 Å². The van der Waals surface area contributed by atoms with E-state index >= 15 is 4.39 Å². The third-order valence-electron chi connectivity index (χ3n) is 9.19. The number of carbonyl (C=O) groups excluding carboxylic acids is 2. The lowest BCUT2D eigenvalue weighted by atomic mass is 10.1. The molecule has 4 N–H and O–H groups in total. The van der Waals surface area contributed by atoms with Gasteiger partial charge >= 0.3 is 15.0 Å². The van der Waals surface area contributed by atoms with Crippen LogP contribution in [0.2, 0.25) is 0 Å². The first-order valence-corrected chi connectivity index (χ1v) is 22.0. The van der Waals surface area contributed by atoms with Crippen molar-refractivity contribution < 1.29 is 56.1 Å². The van der Waals surface area contributed by atoms with Gasteiger partial charge in [0, 0.05) is 17.9 Å². The molecule has 2 aliphatic rings. The average molecular weight is 905 g/mol. The lowest BCUT2D eigenvalue weighted by molar-refractivity contribution is -0.192. The molecule has 322 valence electrons. The molecule has 61 heavy (non-hydrogen) atoms. The zero-order chi connectivity index (χ0) is 43.4. The second-order valence-electron chi connectivity index (χ2n) is 13.6. The standard InChI is InChI=1S/C33H35FN12O12P2S/c1-16(2)28(48)41-33-40-27-23(30(50)42-33)38-15-45(27)31-19(57-59(51)52)11-18(55-31)13-54-60(61,53-10-6-9-35)58-24-20(12-47)56-32(21(24)34)46-26-22(43-44-46)25(36-14-37-26)39-29(49)17-7-4-3-5-8-17/h3-5,7-8,14-16,18-21,24,31-32,47H,6,10-13H2,1-2H3,(H,36,37,39,49)(H2,40,41,42,48,50)/t18-,19-,20+,21-,24+,31+,32+,60?/m0/s1. The quantitative estimate of drug-likeness (QED) is 0.0762. The molecule has 0 spiro atoms. The van der Waals surface area contributed by atoms with E-state index in [0.29, 0.717) is 5.56 Å². The summed E-state index contributed by atoms with van der Waals surface area (Å²) in [5, 5.41) is 32.6. The third-order valence-corrected chi connectivity index (χ3v) is 12.0. The van der Waals surface area contributed by atoms with E-state index in [0.717, 1.165) is 11.0 Å².